The zero-order valence-electron chi connectivity index (χ0n) is 5.71. The number of alkyl halides is 1. The molecule has 1 atom stereocenters. The van der Waals surface area contributed by atoms with Gasteiger partial charge in [-0.3, -0.25) is 0 Å². The third-order valence-electron chi connectivity index (χ3n) is 1.23. The Morgan fingerprint density at radius 3 is 2.90 bits per heavy atom. The van der Waals surface area contributed by atoms with E-state index in [-0.39, 0.29) is 4.32 Å². The Morgan fingerprint density at radius 2 is 2.20 bits per heavy atom. The van der Waals surface area contributed by atoms with E-state index in [0.717, 1.165) is 0 Å². The van der Waals surface area contributed by atoms with Crippen LogP contribution in [0.25, 0.3) is 0 Å². The molecule has 0 fully saturated rings. The Labute approximate surface area is 68.9 Å². The lowest BCUT2D eigenvalue weighted by Crippen LogP contribution is -2.06. The maximum absolute atomic E-state index is 9.13. The second-order valence-electron chi connectivity index (χ2n) is 2.44. The highest BCUT2D eigenvalue weighted by molar-refractivity contribution is 9.10. The summed E-state index contributed by atoms with van der Waals surface area (Å²) in [6.07, 6.45) is 9.07. The van der Waals surface area contributed by atoms with Gasteiger partial charge >= 0.3 is 0 Å². The molecule has 0 aromatic carbocycles. The first kappa shape index (κ1) is 7.61. The standard InChI is InChI=1S/C8H9BrO/c1-8(9)5-3-2-4-7(10)6-8/h2-6,10H,1H3. The highest BCUT2D eigenvalue weighted by Gasteiger charge is 2.13. The molecule has 0 saturated heterocycles. The molecule has 1 N–H and O–H groups in total. The lowest BCUT2D eigenvalue weighted by atomic mass is 10.1. The van der Waals surface area contributed by atoms with E-state index in [1.165, 1.54) is 0 Å². The molecule has 54 valence electrons. The van der Waals surface area contributed by atoms with Crippen LogP contribution in [0.3, 0.4) is 0 Å². The summed E-state index contributed by atoms with van der Waals surface area (Å²) in [5.41, 5.74) is 0. The number of hydrogen-bond acceptors (Lipinski definition) is 1. The first-order chi connectivity index (χ1) is 4.60. The van der Waals surface area contributed by atoms with Gasteiger partial charge in [-0.05, 0) is 19.1 Å². The molecule has 0 saturated carbocycles. The van der Waals surface area contributed by atoms with Crippen molar-refractivity contribution in [1.29, 1.82) is 0 Å². The fourth-order valence-electron chi connectivity index (χ4n) is 0.783. The summed E-state index contributed by atoms with van der Waals surface area (Å²) in [6.45, 7) is 1.96. The van der Waals surface area contributed by atoms with Crippen molar-refractivity contribution < 1.29 is 5.11 Å². The number of allylic oxidation sites excluding steroid dienone is 5. The van der Waals surface area contributed by atoms with Crippen molar-refractivity contribution in [2.75, 3.05) is 0 Å². The Balaban J connectivity index is 2.93. The molecule has 0 radical (unpaired) electrons. The molecule has 0 spiro atoms. The van der Waals surface area contributed by atoms with Crippen molar-refractivity contribution in [3.05, 3.63) is 36.1 Å². The molecule has 1 aliphatic rings. The smallest absolute Gasteiger partial charge is 0.113 e. The predicted molar refractivity (Wildman–Crippen MR) is 46.3 cm³/mol. The molecule has 10 heavy (non-hydrogen) atoms. The molecule has 1 unspecified atom stereocenters. The van der Waals surface area contributed by atoms with E-state index in [0.29, 0.717) is 5.76 Å². The average molecular weight is 201 g/mol. The summed E-state index contributed by atoms with van der Waals surface area (Å²) < 4.78 is -0.208. The minimum atomic E-state index is -0.208. The van der Waals surface area contributed by atoms with Crippen LogP contribution in [0.1, 0.15) is 6.92 Å². The van der Waals surface area contributed by atoms with Crippen LogP contribution < -0.4 is 0 Å². The number of halogens is 1. The Bertz CT molecular complexity index is 211. The van der Waals surface area contributed by atoms with Gasteiger partial charge in [0, 0.05) is 0 Å². The molecular weight excluding hydrogens is 192 g/mol. The van der Waals surface area contributed by atoms with E-state index in [1.54, 1.807) is 18.2 Å². The Hall–Kier alpha value is -0.500. The van der Waals surface area contributed by atoms with Crippen LogP contribution in [0.5, 0.6) is 0 Å². The molecule has 1 aliphatic carbocycles. The van der Waals surface area contributed by atoms with Gasteiger partial charge in [-0.25, -0.2) is 0 Å². The molecule has 1 nitrogen and oxygen atoms in total. The third-order valence-corrected chi connectivity index (χ3v) is 1.72. The fourth-order valence-corrected chi connectivity index (χ4v) is 1.17. The van der Waals surface area contributed by atoms with E-state index in [4.69, 9.17) is 5.11 Å². The predicted octanol–water partition coefficient (Wildman–Crippen LogP) is 2.71. The van der Waals surface area contributed by atoms with E-state index >= 15 is 0 Å². The van der Waals surface area contributed by atoms with Crippen molar-refractivity contribution in [3.63, 3.8) is 0 Å². The van der Waals surface area contributed by atoms with E-state index in [1.807, 2.05) is 19.1 Å². The lowest BCUT2D eigenvalue weighted by Gasteiger charge is -2.10. The molecule has 1 rings (SSSR count). The van der Waals surface area contributed by atoms with Gasteiger partial charge in [0.2, 0.25) is 0 Å². The van der Waals surface area contributed by atoms with Gasteiger partial charge in [0.25, 0.3) is 0 Å². The average Bonchev–Trinajstić information content (AvgIpc) is 1.90. The number of aliphatic hydroxyl groups excluding tert-OH is 1. The van der Waals surface area contributed by atoms with Crippen molar-refractivity contribution in [1.82, 2.24) is 0 Å². The van der Waals surface area contributed by atoms with Crippen LogP contribution in [0.2, 0.25) is 0 Å². The molecule has 0 bridgehead atoms. The van der Waals surface area contributed by atoms with Crippen molar-refractivity contribution in [3.8, 4) is 0 Å². The summed E-state index contributed by atoms with van der Waals surface area (Å²) in [4.78, 5) is 0. The zero-order chi connectivity index (χ0) is 7.61. The largest absolute Gasteiger partial charge is 0.508 e. The van der Waals surface area contributed by atoms with Crippen LogP contribution in [0, 0.1) is 0 Å². The molecule has 0 aliphatic heterocycles. The first-order valence-electron chi connectivity index (χ1n) is 3.07. The van der Waals surface area contributed by atoms with Gasteiger partial charge in [-0.2, -0.15) is 0 Å². The van der Waals surface area contributed by atoms with Gasteiger partial charge in [0.1, 0.15) is 5.76 Å². The van der Waals surface area contributed by atoms with Crippen LogP contribution in [0.15, 0.2) is 36.1 Å². The maximum atomic E-state index is 9.13. The number of hydrogen-bond donors (Lipinski definition) is 1. The minimum Gasteiger partial charge on any atom is -0.508 e. The molecule has 0 aromatic heterocycles. The zero-order valence-corrected chi connectivity index (χ0v) is 7.30. The monoisotopic (exact) mass is 200 g/mol. The normalized spacial score (nSPS) is 31.6. The fraction of sp³-hybridized carbons (Fsp3) is 0.250. The van der Waals surface area contributed by atoms with Gasteiger partial charge in [-0.15, -0.1) is 0 Å². The van der Waals surface area contributed by atoms with E-state index in [9.17, 15) is 0 Å². The Kier molecular flexibility index (Phi) is 2.00. The van der Waals surface area contributed by atoms with Crippen LogP contribution in [-0.2, 0) is 0 Å². The molecule has 0 amide bonds. The van der Waals surface area contributed by atoms with Gasteiger partial charge in [0.15, 0.2) is 0 Å². The highest BCUT2D eigenvalue weighted by Crippen LogP contribution is 2.23. The summed E-state index contributed by atoms with van der Waals surface area (Å²) in [6, 6.07) is 0. The van der Waals surface area contributed by atoms with Crippen LogP contribution in [-0.4, -0.2) is 9.43 Å². The van der Waals surface area contributed by atoms with Gasteiger partial charge in [-0.1, -0.05) is 34.2 Å². The summed E-state index contributed by atoms with van der Waals surface area (Å²) in [7, 11) is 0. The van der Waals surface area contributed by atoms with E-state index in [2.05, 4.69) is 15.9 Å². The molecular formula is C8H9BrO. The third kappa shape index (κ3) is 2.03. The highest BCUT2D eigenvalue weighted by atomic mass is 79.9. The molecule has 0 aromatic rings. The quantitative estimate of drug-likeness (QED) is 0.597. The first-order valence-corrected chi connectivity index (χ1v) is 3.86. The maximum Gasteiger partial charge on any atom is 0.113 e. The second kappa shape index (κ2) is 2.62. The van der Waals surface area contributed by atoms with Crippen LogP contribution in [0.4, 0.5) is 0 Å². The summed E-state index contributed by atoms with van der Waals surface area (Å²) >= 11 is 3.42. The van der Waals surface area contributed by atoms with Crippen molar-refractivity contribution >= 4 is 15.9 Å². The Morgan fingerprint density at radius 1 is 1.50 bits per heavy atom. The van der Waals surface area contributed by atoms with Crippen molar-refractivity contribution in [2.45, 2.75) is 11.2 Å². The topological polar surface area (TPSA) is 20.2 Å². The number of rotatable bonds is 0. The lowest BCUT2D eigenvalue weighted by molar-refractivity contribution is 0.429. The molecule has 0 heterocycles. The summed E-state index contributed by atoms with van der Waals surface area (Å²) in [5.74, 6) is 0.296. The minimum absolute atomic E-state index is 0.208. The number of aliphatic hydroxyl groups is 1. The molecule has 2 heteroatoms. The second-order valence-corrected chi connectivity index (χ2v) is 4.15. The SMILES string of the molecule is CC1(Br)C=CC=CC(O)=C1. The van der Waals surface area contributed by atoms with E-state index < -0.39 is 0 Å². The van der Waals surface area contributed by atoms with Gasteiger partial charge < -0.3 is 5.11 Å². The van der Waals surface area contributed by atoms with Crippen LogP contribution >= 0.6 is 15.9 Å². The van der Waals surface area contributed by atoms with Gasteiger partial charge in [0.05, 0.1) is 4.32 Å². The van der Waals surface area contributed by atoms with Crippen molar-refractivity contribution in [2.24, 2.45) is 0 Å². The summed E-state index contributed by atoms with van der Waals surface area (Å²) in [5, 5.41) is 9.13.